The Balaban J connectivity index is 1.11. The third kappa shape index (κ3) is 5.84. The van der Waals surface area contributed by atoms with Crippen molar-refractivity contribution >= 4 is 21.6 Å². The molecule has 170 valence electrons. The lowest BCUT2D eigenvalue weighted by Crippen LogP contribution is -2.33. The SMILES string of the molecule is c1cncc(-c2nc3cc(OCc4ccc(OCCOC5CCNCC5)cn4)ccc3s2)c1. The molecule has 0 aliphatic carbocycles. The molecule has 0 saturated carbocycles. The van der Waals surface area contributed by atoms with Gasteiger partial charge < -0.3 is 19.5 Å². The van der Waals surface area contributed by atoms with Crippen molar-refractivity contribution in [3.63, 3.8) is 0 Å². The van der Waals surface area contributed by atoms with Gasteiger partial charge in [0.05, 0.1) is 34.8 Å². The number of nitrogens with zero attached hydrogens (tertiary/aromatic N) is 3. The smallest absolute Gasteiger partial charge is 0.137 e. The quantitative estimate of drug-likeness (QED) is 0.368. The van der Waals surface area contributed by atoms with Gasteiger partial charge >= 0.3 is 0 Å². The van der Waals surface area contributed by atoms with E-state index in [1.165, 1.54) is 0 Å². The zero-order chi connectivity index (χ0) is 22.3. The van der Waals surface area contributed by atoms with E-state index in [4.69, 9.17) is 19.2 Å². The van der Waals surface area contributed by atoms with Crippen LogP contribution in [0, 0.1) is 0 Å². The van der Waals surface area contributed by atoms with E-state index in [1.807, 2.05) is 48.7 Å². The van der Waals surface area contributed by atoms with E-state index >= 15 is 0 Å². The Bertz CT molecular complexity index is 1160. The van der Waals surface area contributed by atoms with Gasteiger partial charge in [-0.25, -0.2) is 4.98 Å². The molecule has 1 aliphatic heterocycles. The Morgan fingerprint density at radius 3 is 2.70 bits per heavy atom. The number of benzene rings is 1. The second-order valence-corrected chi connectivity index (χ2v) is 8.86. The Kier molecular flexibility index (Phi) is 7.05. The van der Waals surface area contributed by atoms with Crippen LogP contribution in [0.5, 0.6) is 11.5 Å². The highest BCUT2D eigenvalue weighted by Crippen LogP contribution is 2.31. The first-order valence-corrected chi connectivity index (χ1v) is 12.0. The first kappa shape index (κ1) is 21.8. The minimum Gasteiger partial charge on any atom is -0.490 e. The van der Waals surface area contributed by atoms with Crippen molar-refractivity contribution in [3.05, 3.63) is 66.7 Å². The molecule has 0 bridgehead atoms. The molecule has 1 N–H and O–H groups in total. The zero-order valence-electron chi connectivity index (χ0n) is 18.3. The van der Waals surface area contributed by atoms with Crippen LogP contribution in [0.2, 0.25) is 0 Å². The van der Waals surface area contributed by atoms with Crippen LogP contribution in [0.1, 0.15) is 18.5 Å². The van der Waals surface area contributed by atoms with Crippen LogP contribution in [0.15, 0.2) is 61.1 Å². The van der Waals surface area contributed by atoms with E-state index in [0.29, 0.717) is 25.9 Å². The topological polar surface area (TPSA) is 78.4 Å². The summed E-state index contributed by atoms with van der Waals surface area (Å²) in [5, 5.41) is 4.29. The molecule has 7 nitrogen and oxygen atoms in total. The van der Waals surface area contributed by atoms with E-state index < -0.39 is 0 Å². The van der Waals surface area contributed by atoms with Crippen molar-refractivity contribution in [1.82, 2.24) is 20.3 Å². The predicted octanol–water partition coefficient (Wildman–Crippen LogP) is 4.48. The van der Waals surface area contributed by atoms with Crippen LogP contribution < -0.4 is 14.8 Å². The molecule has 0 atom stereocenters. The summed E-state index contributed by atoms with van der Waals surface area (Å²) < 4.78 is 18.7. The van der Waals surface area contributed by atoms with Gasteiger partial charge in [-0.3, -0.25) is 9.97 Å². The lowest BCUT2D eigenvalue weighted by Gasteiger charge is -2.22. The molecule has 3 aromatic heterocycles. The fourth-order valence-corrected chi connectivity index (χ4v) is 4.62. The van der Waals surface area contributed by atoms with Gasteiger partial charge in [0.1, 0.15) is 29.7 Å². The maximum absolute atomic E-state index is 5.94. The van der Waals surface area contributed by atoms with Crippen molar-refractivity contribution in [2.24, 2.45) is 0 Å². The Morgan fingerprint density at radius 2 is 1.88 bits per heavy atom. The number of pyridine rings is 2. The second kappa shape index (κ2) is 10.7. The number of nitrogens with one attached hydrogen (secondary N) is 1. The molecule has 8 heteroatoms. The van der Waals surface area contributed by atoms with Crippen molar-refractivity contribution in [1.29, 1.82) is 0 Å². The van der Waals surface area contributed by atoms with Gasteiger partial charge in [-0.05, 0) is 62.3 Å². The molecule has 0 amide bonds. The van der Waals surface area contributed by atoms with Crippen LogP contribution in [0.4, 0.5) is 0 Å². The minimum absolute atomic E-state index is 0.345. The first-order chi connectivity index (χ1) is 16.3. The fraction of sp³-hybridized carbons (Fsp3) is 0.320. The van der Waals surface area contributed by atoms with Crippen molar-refractivity contribution in [2.45, 2.75) is 25.6 Å². The molecule has 1 aliphatic rings. The fourth-order valence-electron chi connectivity index (χ4n) is 3.69. The summed E-state index contributed by atoms with van der Waals surface area (Å²) >= 11 is 1.65. The largest absolute Gasteiger partial charge is 0.490 e. The molecular weight excluding hydrogens is 436 g/mol. The third-order valence-electron chi connectivity index (χ3n) is 5.44. The van der Waals surface area contributed by atoms with Crippen LogP contribution in [0.3, 0.4) is 0 Å². The van der Waals surface area contributed by atoms with Gasteiger partial charge in [0.25, 0.3) is 0 Å². The molecule has 0 spiro atoms. The molecule has 1 saturated heterocycles. The lowest BCUT2D eigenvalue weighted by atomic mass is 10.1. The number of rotatable bonds is 9. The van der Waals surface area contributed by atoms with E-state index in [2.05, 4.69) is 15.3 Å². The van der Waals surface area contributed by atoms with Gasteiger partial charge in [0.2, 0.25) is 0 Å². The molecule has 0 radical (unpaired) electrons. The maximum atomic E-state index is 5.94. The predicted molar refractivity (Wildman–Crippen MR) is 129 cm³/mol. The zero-order valence-corrected chi connectivity index (χ0v) is 19.1. The number of piperidine rings is 1. The highest BCUT2D eigenvalue weighted by atomic mass is 32.1. The lowest BCUT2D eigenvalue weighted by molar-refractivity contribution is 0.0168. The van der Waals surface area contributed by atoms with E-state index in [-0.39, 0.29) is 0 Å². The van der Waals surface area contributed by atoms with Gasteiger partial charge in [-0.1, -0.05) is 0 Å². The van der Waals surface area contributed by atoms with Gasteiger partial charge in [0, 0.05) is 24.0 Å². The summed E-state index contributed by atoms with van der Waals surface area (Å²) in [4.78, 5) is 13.4. The summed E-state index contributed by atoms with van der Waals surface area (Å²) in [6.07, 6.45) is 7.80. The average molecular weight is 463 g/mol. The summed E-state index contributed by atoms with van der Waals surface area (Å²) in [5.74, 6) is 1.50. The Hall–Kier alpha value is -3.07. The van der Waals surface area contributed by atoms with Crippen molar-refractivity contribution in [3.8, 4) is 22.1 Å². The standard InChI is InChI=1S/C25H26N4O3S/c1-2-18(15-27-9-1)25-29-23-14-21(5-6-24(23)33-25)32-17-19-3-4-22(16-28-19)31-13-12-30-20-7-10-26-11-8-20/h1-6,9,14-16,20,26H,7-8,10-13,17H2. The monoisotopic (exact) mass is 462 g/mol. The molecule has 0 unspecified atom stereocenters. The van der Waals surface area contributed by atoms with Crippen LogP contribution in [-0.2, 0) is 11.3 Å². The van der Waals surface area contributed by atoms with Crippen molar-refractivity contribution in [2.75, 3.05) is 26.3 Å². The van der Waals surface area contributed by atoms with Crippen LogP contribution in [-0.4, -0.2) is 47.4 Å². The summed E-state index contributed by atoms with van der Waals surface area (Å²) in [6.45, 7) is 3.56. The van der Waals surface area contributed by atoms with Gasteiger partial charge in [-0.2, -0.15) is 0 Å². The average Bonchev–Trinajstić information content (AvgIpc) is 3.31. The molecule has 5 rings (SSSR count). The second-order valence-electron chi connectivity index (χ2n) is 7.83. The molecule has 33 heavy (non-hydrogen) atoms. The molecule has 4 heterocycles. The number of hydrogen-bond donors (Lipinski definition) is 1. The highest BCUT2D eigenvalue weighted by Gasteiger charge is 2.13. The summed E-state index contributed by atoms with van der Waals surface area (Å²) in [5.41, 5.74) is 2.77. The van der Waals surface area contributed by atoms with E-state index in [9.17, 15) is 0 Å². The number of hydrogen-bond acceptors (Lipinski definition) is 8. The normalized spacial score (nSPS) is 14.4. The van der Waals surface area contributed by atoms with Gasteiger partial charge in [-0.15, -0.1) is 11.3 Å². The third-order valence-corrected chi connectivity index (χ3v) is 6.53. The highest BCUT2D eigenvalue weighted by molar-refractivity contribution is 7.21. The number of fused-ring (bicyclic) bond motifs is 1. The Labute approximate surface area is 196 Å². The number of thiazole rings is 1. The van der Waals surface area contributed by atoms with E-state index in [1.54, 1.807) is 23.7 Å². The maximum Gasteiger partial charge on any atom is 0.137 e. The molecule has 1 aromatic carbocycles. The first-order valence-electron chi connectivity index (χ1n) is 11.2. The van der Waals surface area contributed by atoms with Crippen molar-refractivity contribution < 1.29 is 14.2 Å². The number of aromatic nitrogens is 3. The molecule has 1 fully saturated rings. The van der Waals surface area contributed by atoms with E-state index in [0.717, 1.165) is 63.9 Å². The minimum atomic E-state index is 0.345. The molecular formula is C25H26N4O3S. The Morgan fingerprint density at radius 1 is 0.970 bits per heavy atom. The van der Waals surface area contributed by atoms with Crippen LogP contribution >= 0.6 is 11.3 Å². The van der Waals surface area contributed by atoms with Gasteiger partial charge in [0.15, 0.2) is 0 Å². The molecule has 4 aromatic rings. The summed E-state index contributed by atoms with van der Waals surface area (Å²) in [7, 11) is 0. The number of ether oxygens (including phenoxy) is 3. The summed E-state index contributed by atoms with van der Waals surface area (Å²) in [6, 6.07) is 13.7. The van der Waals surface area contributed by atoms with Crippen LogP contribution in [0.25, 0.3) is 20.8 Å².